The molecule has 3 aliphatic rings. The molecule has 1 saturated heterocycles. The molecule has 3 atom stereocenters. The number of esters is 2. The van der Waals surface area contributed by atoms with Gasteiger partial charge in [-0.25, -0.2) is 0 Å². The topological polar surface area (TPSA) is 143 Å². The molecule has 1 fully saturated rings. The van der Waals surface area contributed by atoms with Crippen LogP contribution in [0.2, 0.25) is 0 Å². The maximum Gasteiger partial charge on any atom is 2.00 e. The third-order valence-corrected chi connectivity index (χ3v) is 11.4. The minimum atomic E-state index is -1.25. The summed E-state index contributed by atoms with van der Waals surface area (Å²) in [5.74, 6) is -3.18. The molecule has 3 aromatic heterocycles. The number of aromatic nitrogens is 3. The number of hydrogen-bond acceptors (Lipinski definition) is 6. The van der Waals surface area contributed by atoms with Gasteiger partial charge in [0.15, 0.2) is 5.78 Å². The molecule has 10 nitrogen and oxygen atoms in total. The Hall–Kier alpha value is -4.35. The van der Waals surface area contributed by atoms with Crippen molar-refractivity contribution in [2.24, 2.45) is 17.8 Å². The smallest absolute Gasteiger partial charge is 0.664 e. The van der Waals surface area contributed by atoms with Crippen LogP contribution in [0.4, 0.5) is 0 Å². The van der Waals surface area contributed by atoms with Gasteiger partial charge in [-0.15, -0.1) is 33.5 Å². The number of rotatable bonds is 13. The quantitative estimate of drug-likeness (QED) is 0.0518. The van der Waals surface area contributed by atoms with Crippen LogP contribution in [-0.4, -0.2) is 60.8 Å². The minimum Gasteiger partial charge on any atom is -0.664 e. The summed E-state index contributed by atoms with van der Waals surface area (Å²) in [6, 6.07) is 0. The molecule has 0 radical (unpaired) electrons. The molecule has 2 aliphatic heterocycles. The van der Waals surface area contributed by atoms with Crippen molar-refractivity contribution in [2.75, 3.05) is 13.7 Å². The van der Waals surface area contributed by atoms with Gasteiger partial charge in [-0.3, -0.25) is 19.2 Å². The van der Waals surface area contributed by atoms with E-state index in [1.807, 2.05) is 52.0 Å². The zero-order valence-corrected chi connectivity index (χ0v) is 34.8. The van der Waals surface area contributed by atoms with Crippen LogP contribution in [-0.2, 0) is 31.9 Å². The summed E-state index contributed by atoms with van der Waals surface area (Å²) >= 11 is 0. The Balaban J connectivity index is 0.00000580. The van der Waals surface area contributed by atoms with Crippen LogP contribution in [0, 0.1) is 31.6 Å². The van der Waals surface area contributed by atoms with E-state index in [1.54, 1.807) is 0 Å². The summed E-state index contributed by atoms with van der Waals surface area (Å²) < 4.78 is 10.9. The number of carbonyl (C=O) groups is 4. The number of methoxy groups -OCH3 is 1. The van der Waals surface area contributed by atoms with Crippen molar-refractivity contribution >= 4 is 70.9 Å². The van der Waals surface area contributed by atoms with Crippen LogP contribution in [0.1, 0.15) is 139 Å². The van der Waals surface area contributed by atoms with Gasteiger partial charge in [-0.1, -0.05) is 92.2 Å². The molecule has 0 amide bonds. The van der Waals surface area contributed by atoms with Gasteiger partial charge in [0.2, 0.25) is 0 Å². The Bertz CT molecular complexity index is 2230. The fourth-order valence-corrected chi connectivity index (χ4v) is 8.20. The summed E-state index contributed by atoms with van der Waals surface area (Å²) in [5.41, 5.74) is 9.54. The molecule has 0 aromatic carbocycles. The standard InChI is InChI=1S/C44H51N4O6.Mg/c1-9-12-13-14-23(4)17-18-54-37(50)16-15-29-25(6)32-19-31-24(5)27(10-2)34(45-31)21-36-30(22-49)28(11-3)35(46-36)20-33-26(7)38-42(48-33)39(41(29)47-32)40(43(38)51)44(52)53-8;/h17,19-22,25,29,40H,9-16,18H2,1-8H3,(H-,47,48,49,51);/q-3;+2/p-1/b23-17+,32-19-,36-21-;/t25-,29-,40+;/m0./s1. The number of nitrogens with zero attached hydrogens (tertiary/aromatic N) is 4. The Morgan fingerprint density at radius 2 is 1.60 bits per heavy atom. The second kappa shape index (κ2) is 17.6. The van der Waals surface area contributed by atoms with Crippen molar-refractivity contribution < 1.29 is 28.7 Å². The third kappa shape index (κ3) is 7.87. The number of aldehydes is 1. The molecule has 6 rings (SSSR count). The summed E-state index contributed by atoms with van der Waals surface area (Å²) in [6.45, 7) is 14.4. The van der Waals surface area contributed by atoms with Gasteiger partial charge in [0, 0.05) is 17.5 Å². The molecule has 0 saturated carbocycles. The summed E-state index contributed by atoms with van der Waals surface area (Å²) in [5, 5.41) is 6.31. The van der Waals surface area contributed by atoms with Crippen LogP contribution >= 0.6 is 0 Å². The zero-order valence-electron chi connectivity index (χ0n) is 33.4. The van der Waals surface area contributed by atoms with Crippen molar-refractivity contribution in [3.05, 3.63) is 95.2 Å². The second-order valence-electron chi connectivity index (χ2n) is 14.6. The summed E-state index contributed by atoms with van der Waals surface area (Å²) in [4.78, 5) is 68.3. The van der Waals surface area contributed by atoms with Gasteiger partial charge in [-0.2, -0.15) is 11.4 Å². The molecule has 55 heavy (non-hydrogen) atoms. The zero-order chi connectivity index (χ0) is 38.8. The molecule has 286 valence electrons. The molecule has 1 aliphatic carbocycles. The molecule has 8 bridgehead atoms. The first-order valence-electron chi connectivity index (χ1n) is 19.3. The molecule has 0 N–H and O–H groups in total. The molecule has 3 aromatic rings. The van der Waals surface area contributed by atoms with Crippen molar-refractivity contribution in [1.82, 2.24) is 15.0 Å². The first-order valence-corrected chi connectivity index (χ1v) is 19.3. The van der Waals surface area contributed by atoms with Crippen molar-refractivity contribution in [1.29, 1.82) is 0 Å². The molecule has 0 unspecified atom stereocenters. The van der Waals surface area contributed by atoms with E-state index >= 15 is 0 Å². The van der Waals surface area contributed by atoms with E-state index in [0.29, 0.717) is 62.9 Å². The number of unbranched alkanes of at least 4 members (excludes halogenated alkanes) is 2. The van der Waals surface area contributed by atoms with E-state index in [2.05, 4.69) is 20.8 Å². The van der Waals surface area contributed by atoms with Crippen LogP contribution in [0.15, 0.2) is 23.0 Å². The normalized spacial score (nSPS) is 22.1. The van der Waals surface area contributed by atoms with Gasteiger partial charge < -0.3 is 29.7 Å². The maximum atomic E-state index is 14.2. The van der Waals surface area contributed by atoms with Gasteiger partial charge in [0.1, 0.15) is 18.8 Å². The van der Waals surface area contributed by atoms with Crippen molar-refractivity contribution in [3.8, 4) is 0 Å². The number of allylic oxidation sites excluding steroid dienone is 3. The molecular formula is C44H50MgN4O6-2. The van der Waals surface area contributed by atoms with E-state index in [-0.39, 0.29) is 53.9 Å². The van der Waals surface area contributed by atoms with Crippen molar-refractivity contribution in [2.45, 2.75) is 99.8 Å². The van der Waals surface area contributed by atoms with Gasteiger partial charge in [-0.05, 0) is 70.8 Å². The molecule has 5 heterocycles. The summed E-state index contributed by atoms with van der Waals surface area (Å²) in [7, 11) is 1.27. The molecule has 0 spiro atoms. The number of carbonyl (C=O) groups excluding carboxylic acids is 4. The number of ketones is 1. The monoisotopic (exact) mass is 754 g/mol. The van der Waals surface area contributed by atoms with E-state index in [4.69, 9.17) is 29.7 Å². The average Bonchev–Trinajstić information content (AvgIpc) is 3.90. The van der Waals surface area contributed by atoms with E-state index < -0.39 is 17.7 Å². The van der Waals surface area contributed by atoms with E-state index in [0.717, 1.165) is 65.7 Å². The van der Waals surface area contributed by atoms with Crippen LogP contribution in [0.3, 0.4) is 0 Å². The van der Waals surface area contributed by atoms with E-state index in [9.17, 15) is 19.2 Å². The summed E-state index contributed by atoms with van der Waals surface area (Å²) in [6.07, 6.45) is 14.7. The predicted molar refractivity (Wildman–Crippen MR) is 214 cm³/mol. The Morgan fingerprint density at radius 1 is 0.891 bits per heavy atom. The Morgan fingerprint density at radius 3 is 2.27 bits per heavy atom. The van der Waals surface area contributed by atoms with Crippen LogP contribution < -0.4 is 25.7 Å². The van der Waals surface area contributed by atoms with Crippen LogP contribution in [0.25, 0.3) is 29.1 Å². The van der Waals surface area contributed by atoms with Gasteiger partial charge in [0.25, 0.3) is 0 Å². The molecular weight excluding hydrogens is 705 g/mol. The first-order chi connectivity index (χ1) is 26.0. The van der Waals surface area contributed by atoms with E-state index in [1.165, 1.54) is 19.1 Å². The maximum absolute atomic E-state index is 14.2. The number of Topliss-reactive ketones (excluding diaryl/α,β-unsaturated/α-hetero) is 1. The number of hydrogen-bond donors (Lipinski definition) is 0. The fourth-order valence-electron chi connectivity index (χ4n) is 8.20. The third-order valence-electron chi connectivity index (χ3n) is 11.4. The fraction of sp³-hybridized carbons (Fsp3) is 0.455. The SMILES string of the molecule is CCCCC/C(C)=C/COC(=O)CC[C@@H]1/C2=C3/c4[n-]c(c(C)c4C(=O)[C@@H]3C(=O)OC)/C=c3\[n-]/c(c(C=O)c3CC)=C\c3[n-]c(c(C)c3CC)/C=C(\[N-]2)[C@H]1C.[Mg+2]. The number of fused-ring (bicyclic) bond motifs is 7. The second-order valence-corrected chi connectivity index (χ2v) is 14.6. The van der Waals surface area contributed by atoms with Crippen molar-refractivity contribution in [3.63, 3.8) is 0 Å². The largest absolute Gasteiger partial charge is 2.00 e. The Kier molecular flexibility index (Phi) is 13.4. The molecule has 11 heteroatoms. The minimum absolute atomic E-state index is 0. The van der Waals surface area contributed by atoms with Crippen LogP contribution in [0.5, 0.6) is 0 Å². The Labute approximate surface area is 339 Å². The average molecular weight is 755 g/mol. The van der Waals surface area contributed by atoms with Gasteiger partial charge >= 0.3 is 35.0 Å². The first kappa shape index (κ1) is 41.8. The predicted octanol–water partition coefficient (Wildman–Crippen LogP) is 5.93. The van der Waals surface area contributed by atoms with Gasteiger partial charge in [0.05, 0.1) is 7.11 Å². The number of ether oxygens (including phenoxy) is 2.